The number of rotatable bonds is 3. The van der Waals surface area contributed by atoms with Crippen molar-refractivity contribution >= 4 is 26.9 Å². The van der Waals surface area contributed by atoms with Crippen LogP contribution in [-0.4, -0.2) is 8.96 Å². The van der Waals surface area contributed by atoms with Crippen molar-refractivity contribution in [1.82, 2.24) is 4.72 Å². The molecule has 1 rings (SSSR count). The minimum absolute atomic E-state index is 0.0863. The van der Waals surface area contributed by atoms with Crippen LogP contribution in [0.3, 0.4) is 0 Å². The molecule has 0 saturated carbocycles. The molecule has 2 nitrogen and oxygen atoms in total. The predicted octanol–water partition coefficient (Wildman–Crippen LogP) is 3.87. The van der Waals surface area contributed by atoms with E-state index >= 15 is 0 Å². The Hall–Kier alpha value is -0.190. The Balaban J connectivity index is 2.84. The van der Waals surface area contributed by atoms with Crippen molar-refractivity contribution in [2.45, 2.75) is 45.4 Å². The van der Waals surface area contributed by atoms with E-state index in [1.807, 2.05) is 33.8 Å². The summed E-state index contributed by atoms with van der Waals surface area (Å²) in [5.41, 5.74) is 2.39. The molecule has 0 aliphatic heterocycles. The van der Waals surface area contributed by atoms with Crippen molar-refractivity contribution in [2.24, 2.45) is 0 Å². The van der Waals surface area contributed by atoms with Crippen molar-refractivity contribution in [3.05, 3.63) is 33.8 Å². The Morgan fingerprint density at radius 1 is 1.35 bits per heavy atom. The first-order valence-electron chi connectivity index (χ1n) is 5.66. The zero-order valence-corrected chi connectivity index (χ0v) is 13.4. The third kappa shape index (κ3) is 4.19. The molecule has 2 atom stereocenters. The summed E-state index contributed by atoms with van der Waals surface area (Å²) in [6.45, 7) is 10.0. The number of halogens is 1. The second-order valence-corrected chi connectivity index (χ2v) is 8.14. The van der Waals surface area contributed by atoms with E-state index in [2.05, 4.69) is 39.7 Å². The van der Waals surface area contributed by atoms with E-state index < -0.39 is 11.0 Å². The van der Waals surface area contributed by atoms with E-state index in [1.165, 1.54) is 11.1 Å². The summed E-state index contributed by atoms with van der Waals surface area (Å²) in [5.74, 6) is 0. The Labute approximate surface area is 115 Å². The van der Waals surface area contributed by atoms with Gasteiger partial charge in [-0.05, 0) is 57.9 Å². The maximum absolute atomic E-state index is 12.0. The molecule has 1 N–H and O–H groups in total. The van der Waals surface area contributed by atoms with Gasteiger partial charge in [-0.1, -0.05) is 22.0 Å². The molecule has 0 amide bonds. The summed E-state index contributed by atoms with van der Waals surface area (Å²) in [7, 11) is -1.04. The van der Waals surface area contributed by atoms with Crippen LogP contribution in [0.25, 0.3) is 0 Å². The van der Waals surface area contributed by atoms with Gasteiger partial charge in [0.25, 0.3) is 0 Å². The van der Waals surface area contributed by atoms with Crippen molar-refractivity contribution in [2.75, 3.05) is 0 Å². The third-order valence-corrected chi connectivity index (χ3v) is 4.71. The van der Waals surface area contributed by atoms with Crippen molar-refractivity contribution < 1.29 is 4.21 Å². The van der Waals surface area contributed by atoms with Gasteiger partial charge in [-0.2, -0.15) is 0 Å². The number of aryl methyl sites for hydroxylation is 1. The summed E-state index contributed by atoms with van der Waals surface area (Å²) in [6, 6.07) is 6.24. The Bertz CT molecular complexity index is 426. The Morgan fingerprint density at radius 2 is 1.94 bits per heavy atom. The zero-order valence-electron chi connectivity index (χ0n) is 11.0. The highest BCUT2D eigenvalue weighted by molar-refractivity contribution is 9.10. The normalized spacial score (nSPS) is 15.6. The molecule has 1 aromatic carbocycles. The highest BCUT2D eigenvalue weighted by Crippen LogP contribution is 2.23. The largest absolute Gasteiger partial charge is 0.242 e. The Kier molecular flexibility index (Phi) is 4.93. The van der Waals surface area contributed by atoms with Gasteiger partial charge in [-0.25, -0.2) is 8.93 Å². The van der Waals surface area contributed by atoms with E-state index in [4.69, 9.17) is 0 Å². The van der Waals surface area contributed by atoms with Gasteiger partial charge in [0.15, 0.2) is 0 Å². The predicted molar refractivity (Wildman–Crippen MR) is 78.3 cm³/mol. The van der Waals surface area contributed by atoms with E-state index in [0.717, 1.165) is 4.47 Å². The number of hydrogen-bond donors (Lipinski definition) is 1. The van der Waals surface area contributed by atoms with Crippen LogP contribution in [0.2, 0.25) is 0 Å². The first-order valence-corrected chi connectivity index (χ1v) is 7.60. The van der Waals surface area contributed by atoms with E-state index in [0.29, 0.717) is 0 Å². The summed E-state index contributed by atoms with van der Waals surface area (Å²) < 4.78 is 16.0. The minimum atomic E-state index is -1.04. The fourth-order valence-electron chi connectivity index (χ4n) is 1.53. The molecule has 1 aromatic rings. The number of hydrogen-bond acceptors (Lipinski definition) is 1. The molecule has 96 valence electrons. The first kappa shape index (κ1) is 14.9. The lowest BCUT2D eigenvalue weighted by Crippen LogP contribution is -2.35. The van der Waals surface area contributed by atoms with Crippen LogP contribution in [0.1, 0.15) is 44.9 Å². The van der Waals surface area contributed by atoms with Gasteiger partial charge < -0.3 is 0 Å². The molecular formula is C13H20BrNOS. The second-order valence-electron chi connectivity index (χ2n) is 5.22. The molecule has 2 unspecified atom stereocenters. The highest BCUT2D eigenvalue weighted by Gasteiger charge is 2.22. The van der Waals surface area contributed by atoms with E-state index in [-0.39, 0.29) is 10.8 Å². The van der Waals surface area contributed by atoms with Crippen LogP contribution in [0.15, 0.2) is 22.7 Å². The smallest absolute Gasteiger partial charge is 0.0975 e. The molecule has 0 aliphatic rings. The molecule has 4 heteroatoms. The van der Waals surface area contributed by atoms with Gasteiger partial charge in [0.05, 0.1) is 15.7 Å². The first-order chi connectivity index (χ1) is 7.71. The van der Waals surface area contributed by atoms with E-state index in [1.54, 1.807) is 0 Å². The maximum Gasteiger partial charge on any atom is 0.0975 e. The van der Waals surface area contributed by atoms with Crippen molar-refractivity contribution in [1.29, 1.82) is 0 Å². The maximum atomic E-state index is 12.0. The Morgan fingerprint density at radius 3 is 2.41 bits per heavy atom. The molecule has 0 aliphatic carbocycles. The second kappa shape index (κ2) is 5.63. The fourth-order valence-corrected chi connectivity index (χ4v) is 2.80. The quantitative estimate of drug-likeness (QED) is 0.900. The van der Waals surface area contributed by atoms with Crippen LogP contribution >= 0.6 is 15.9 Å². The fraction of sp³-hybridized carbons (Fsp3) is 0.538. The van der Waals surface area contributed by atoms with Gasteiger partial charge in [-0.15, -0.1) is 0 Å². The molecule has 0 saturated heterocycles. The van der Waals surface area contributed by atoms with Crippen LogP contribution in [0.4, 0.5) is 0 Å². The zero-order chi connectivity index (χ0) is 13.2. The van der Waals surface area contributed by atoms with Gasteiger partial charge in [0.2, 0.25) is 0 Å². The SMILES string of the molecule is Cc1cc(Br)ccc1C(C)NS(=O)C(C)(C)C. The average Bonchev–Trinajstić information content (AvgIpc) is 2.15. The summed E-state index contributed by atoms with van der Waals surface area (Å²) in [5, 5.41) is 0. The highest BCUT2D eigenvalue weighted by atomic mass is 79.9. The monoisotopic (exact) mass is 317 g/mol. The van der Waals surface area contributed by atoms with Crippen LogP contribution in [0, 0.1) is 6.92 Å². The molecule has 17 heavy (non-hydrogen) atoms. The molecule has 0 fully saturated rings. The topological polar surface area (TPSA) is 29.1 Å². The molecule has 0 spiro atoms. The standard InChI is InChI=1S/C13H20BrNOS/c1-9-8-11(14)6-7-12(9)10(2)15-17(16)13(3,4)5/h6-8,10,15H,1-5H3. The van der Waals surface area contributed by atoms with Crippen molar-refractivity contribution in [3.8, 4) is 0 Å². The van der Waals surface area contributed by atoms with E-state index in [9.17, 15) is 4.21 Å². The minimum Gasteiger partial charge on any atom is -0.242 e. The summed E-state index contributed by atoms with van der Waals surface area (Å²) in [4.78, 5) is 0. The average molecular weight is 318 g/mol. The lowest BCUT2D eigenvalue weighted by molar-refractivity contribution is 0.615. The lowest BCUT2D eigenvalue weighted by atomic mass is 10.0. The number of benzene rings is 1. The lowest BCUT2D eigenvalue weighted by Gasteiger charge is -2.23. The molecule has 0 heterocycles. The summed E-state index contributed by atoms with van der Waals surface area (Å²) in [6.07, 6.45) is 0. The van der Waals surface area contributed by atoms with Crippen LogP contribution in [0.5, 0.6) is 0 Å². The molecule has 0 aromatic heterocycles. The van der Waals surface area contributed by atoms with Gasteiger partial charge in [0, 0.05) is 10.5 Å². The van der Waals surface area contributed by atoms with Crippen LogP contribution < -0.4 is 4.72 Å². The van der Waals surface area contributed by atoms with Gasteiger partial charge >= 0.3 is 0 Å². The number of nitrogens with one attached hydrogen (secondary N) is 1. The third-order valence-electron chi connectivity index (χ3n) is 2.54. The van der Waals surface area contributed by atoms with Crippen LogP contribution in [-0.2, 0) is 11.0 Å². The molecular weight excluding hydrogens is 298 g/mol. The van der Waals surface area contributed by atoms with Gasteiger partial charge in [-0.3, -0.25) is 0 Å². The summed E-state index contributed by atoms with van der Waals surface area (Å²) >= 11 is 3.45. The van der Waals surface area contributed by atoms with Gasteiger partial charge in [0.1, 0.15) is 0 Å². The molecule has 0 radical (unpaired) electrons. The molecule has 0 bridgehead atoms. The van der Waals surface area contributed by atoms with Crippen molar-refractivity contribution in [3.63, 3.8) is 0 Å².